The number of nitrogens with one attached hydrogen (secondary N) is 1. The second-order valence-electron chi connectivity index (χ2n) is 4.30. The van der Waals surface area contributed by atoms with Crippen molar-refractivity contribution in [1.29, 1.82) is 0 Å². The van der Waals surface area contributed by atoms with E-state index < -0.39 is 5.60 Å². The molecule has 1 fully saturated rings. The number of carbonyl (C=O) groups excluding carboxylic acids is 1. The molecule has 0 saturated carbocycles. The molecule has 5 heteroatoms. The van der Waals surface area contributed by atoms with Crippen molar-refractivity contribution in [3.63, 3.8) is 0 Å². The summed E-state index contributed by atoms with van der Waals surface area (Å²) in [6, 6.07) is 5.62. The number of ether oxygens (including phenoxy) is 2. The van der Waals surface area contributed by atoms with Gasteiger partial charge in [-0.15, -0.1) is 0 Å². The van der Waals surface area contributed by atoms with E-state index in [4.69, 9.17) is 9.47 Å². The van der Waals surface area contributed by atoms with Gasteiger partial charge in [-0.3, -0.25) is 4.79 Å². The van der Waals surface area contributed by atoms with Crippen LogP contribution in [0.1, 0.15) is 12.8 Å². The van der Waals surface area contributed by atoms with Gasteiger partial charge >= 0.3 is 0 Å². The van der Waals surface area contributed by atoms with Gasteiger partial charge in [0.25, 0.3) is 5.91 Å². The lowest BCUT2D eigenvalue weighted by Crippen LogP contribution is -2.54. The lowest BCUT2D eigenvalue weighted by Gasteiger charge is -2.39. The summed E-state index contributed by atoms with van der Waals surface area (Å²) in [5, 5.41) is 2.91. The molecule has 2 aliphatic rings. The molecule has 0 unspecified atom stereocenters. The summed E-state index contributed by atoms with van der Waals surface area (Å²) in [6.07, 6.45) is 1.21. The third-order valence-corrected chi connectivity index (χ3v) is 3.70. The van der Waals surface area contributed by atoms with Crippen molar-refractivity contribution in [2.24, 2.45) is 0 Å². The van der Waals surface area contributed by atoms with E-state index in [2.05, 4.69) is 21.2 Å². The maximum atomic E-state index is 12.1. The molecule has 1 amide bonds. The average Bonchev–Trinajstić information content (AvgIpc) is 2.33. The number of halogens is 1. The molecular weight excluding hydrogens is 286 g/mol. The second-order valence-corrected chi connectivity index (χ2v) is 5.22. The van der Waals surface area contributed by atoms with E-state index in [-0.39, 0.29) is 5.91 Å². The van der Waals surface area contributed by atoms with Gasteiger partial charge in [0.15, 0.2) is 5.60 Å². The normalized spacial score (nSPS) is 21.6. The molecule has 90 valence electrons. The molecule has 0 aliphatic carbocycles. The summed E-state index contributed by atoms with van der Waals surface area (Å²) in [7, 11) is 0. The molecular formula is C12H12BrNO3. The van der Waals surface area contributed by atoms with Gasteiger partial charge in [0.2, 0.25) is 0 Å². The first-order valence-electron chi connectivity index (χ1n) is 5.57. The van der Waals surface area contributed by atoms with Gasteiger partial charge in [0.05, 0.1) is 18.9 Å². The van der Waals surface area contributed by atoms with Gasteiger partial charge in [-0.25, -0.2) is 0 Å². The van der Waals surface area contributed by atoms with Gasteiger partial charge in [-0.05, 0) is 18.2 Å². The molecule has 1 saturated heterocycles. The predicted molar refractivity (Wildman–Crippen MR) is 66.2 cm³/mol. The fourth-order valence-corrected chi connectivity index (χ4v) is 2.57. The van der Waals surface area contributed by atoms with E-state index in [1.165, 1.54) is 0 Å². The smallest absolute Gasteiger partial charge is 0.268 e. The van der Waals surface area contributed by atoms with Crippen LogP contribution in [0.4, 0.5) is 5.69 Å². The molecule has 1 aromatic rings. The fraction of sp³-hybridized carbons (Fsp3) is 0.417. The third-order valence-electron chi connectivity index (χ3n) is 3.21. The molecule has 17 heavy (non-hydrogen) atoms. The summed E-state index contributed by atoms with van der Waals surface area (Å²) in [5.41, 5.74) is -0.0134. The predicted octanol–water partition coefficient (Wildman–Crippen LogP) is 2.33. The number of anilines is 1. The van der Waals surface area contributed by atoms with E-state index in [0.29, 0.717) is 26.1 Å². The minimum Gasteiger partial charge on any atom is -0.475 e. The van der Waals surface area contributed by atoms with Crippen LogP contribution in [0, 0.1) is 0 Å². The first-order chi connectivity index (χ1) is 8.20. The van der Waals surface area contributed by atoms with Crippen molar-refractivity contribution >= 4 is 27.5 Å². The Morgan fingerprint density at radius 2 is 2.06 bits per heavy atom. The van der Waals surface area contributed by atoms with Crippen LogP contribution in [-0.4, -0.2) is 24.7 Å². The lowest BCUT2D eigenvalue weighted by molar-refractivity contribution is -0.140. The SMILES string of the molecule is O=C1Nc2cc(Br)ccc2OC12CCOCC2. The van der Waals surface area contributed by atoms with Crippen LogP contribution in [-0.2, 0) is 9.53 Å². The summed E-state index contributed by atoms with van der Waals surface area (Å²) >= 11 is 3.37. The molecule has 0 atom stereocenters. The zero-order valence-electron chi connectivity index (χ0n) is 9.16. The second kappa shape index (κ2) is 3.99. The van der Waals surface area contributed by atoms with E-state index in [1.54, 1.807) is 0 Å². The molecule has 0 aromatic heterocycles. The van der Waals surface area contributed by atoms with Crippen LogP contribution >= 0.6 is 15.9 Å². The number of hydrogen-bond donors (Lipinski definition) is 1. The Labute approximate surface area is 107 Å². The highest BCUT2D eigenvalue weighted by Gasteiger charge is 2.45. The summed E-state index contributed by atoms with van der Waals surface area (Å²) in [5.74, 6) is 0.668. The van der Waals surface area contributed by atoms with Crippen molar-refractivity contribution in [2.45, 2.75) is 18.4 Å². The Morgan fingerprint density at radius 3 is 2.82 bits per heavy atom. The van der Waals surface area contributed by atoms with E-state index in [1.807, 2.05) is 18.2 Å². The zero-order chi connectivity index (χ0) is 11.9. The van der Waals surface area contributed by atoms with Crippen LogP contribution in [0.5, 0.6) is 5.75 Å². The van der Waals surface area contributed by atoms with Gasteiger partial charge in [-0.2, -0.15) is 0 Å². The van der Waals surface area contributed by atoms with Gasteiger partial charge in [-0.1, -0.05) is 15.9 Å². The van der Waals surface area contributed by atoms with Gasteiger partial charge in [0.1, 0.15) is 5.75 Å². The molecule has 1 spiro atoms. The topological polar surface area (TPSA) is 47.6 Å². The minimum atomic E-state index is -0.737. The number of hydrogen-bond acceptors (Lipinski definition) is 3. The molecule has 2 heterocycles. The van der Waals surface area contributed by atoms with Crippen LogP contribution in [0.3, 0.4) is 0 Å². The number of fused-ring (bicyclic) bond motifs is 1. The summed E-state index contributed by atoms with van der Waals surface area (Å²) in [6.45, 7) is 1.14. The first-order valence-corrected chi connectivity index (χ1v) is 6.37. The van der Waals surface area contributed by atoms with E-state index >= 15 is 0 Å². The average molecular weight is 298 g/mol. The Balaban J connectivity index is 1.97. The van der Waals surface area contributed by atoms with Crippen LogP contribution in [0.2, 0.25) is 0 Å². The van der Waals surface area contributed by atoms with Crippen LogP contribution in [0.25, 0.3) is 0 Å². The summed E-state index contributed by atoms with van der Waals surface area (Å²) in [4.78, 5) is 12.1. The Morgan fingerprint density at radius 1 is 1.29 bits per heavy atom. The Kier molecular flexibility index (Phi) is 2.60. The molecule has 2 aliphatic heterocycles. The maximum Gasteiger partial charge on any atom is 0.268 e. The first kappa shape index (κ1) is 11.0. The van der Waals surface area contributed by atoms with Crippen LogP contribution < -0.4 is 10.1 Å². The maximum absolute atomic E-state index is 12.1. The Bertz CT molecular complexity index is 469. The van der Waals surface area contributed by atoms with Crippen molar-refractivity contribution in [3.8, 4) is 5.75 Å². The van der Waals surface area contributed by atoms with Crippen molar-refractivity contribution in [3.05, 3.63) is 22.7 Å². The molecule has 3 rings (SSSR count). The molecule has 0 radical (unpaired) electrons. The monoisotopic (exact) mass is 297 g/mol. The largest absolute Gasteiger partial charge is 0.475 e. The third kappa shape index (κ3) is 1.83. The molecule has 1 aromatic carbocycles. The van der Waals surface area contributed by atoms with E-state index in [9.17, 15) is 4.79 Å². The van der Waals surface area contributed by atoms with Crippen molar-refractivity contribution in [1.82, 2.24) is 0 Å². The fourth-order valence-electron chi connectivity index (χ4n) is 2.21. The molecule has 1 N–H and O–H groups in total. The van der Waals surface area contributed by atoms with E-state index in [0.717, 1.165) is 15.9 Å². The number of carbonyl (C=O) groups is 1. The van der Waals surface area contributed by atoms with Gasteiger partial charge < -0.3 is 14.8 Å². The molecule has 0 bridgehead atoms. The number of rotatable bonds is 0. The Hall–Kier alpha value is -1.07. The summed E-state index contributed by atoms with van der Waals surface area (Å²) < 4.78 is 12.1. The highest BCUT2D eigenvalue weighted by molar-refractivity contribution is 9.10. The van der Waals surface area contributed by atoms with Crippen LogP contribution in [0.15, 0.2) is 22.7 Å². The highest BCUT2D eigenvalue weighted by atomic mass is 79.9. The standard InChI is InChI=1S/C12H12BrNO3/c13-8-1-2-10-9(7-8)14-11(15)12(17-10)3-5-16-6-4-12/h1-2,7H,3-6H2,(H,14,15). The lowest BCUT2D eigenvalue weighted by atomic mass is 9.91. The quantitative estimate of drug-likeness (QED) is 0.799. The zero-order valence-corrected chi connectivity index (χ0v) is 10.7. The minimum absolute atomic E-state index is 0.0635. The van der Waals surface area contributed by atoms with Crippen molar-refractivity contribution in [2.75, 3.05) is 18.5 Å². The molecule has 4 nitrogen and oxygen atoms in total. The van der Waals surface area contributed by atoms with Crippen molar-refractivity contribution < 1.29 is 14.3 Å². The number of amides is 1. The highest BCUT2D eigenvalue weighted by Crippen LogP contribution is 2.39. The van der Waals surface area contributed by atoms with Gasteiger partial charge in [0, 0.05) is 17.3 Å². The number of benzene rings is 1.